The minimum Gasteiger partial charge on any atom is -0.406 e. The van der Waals surface area contributed by atoms with Gasteiger partial charge in [0, 0.05) is 19.8 Å². The highest BCUT2D eigenvalue weighted by Gasteiger charge is 2.36. The lowest BCUT2D eigenvalue weighted by Gasteiger charge is -2.25. The van der Waals surface area contributed by atoms with E-state index < -0.39 is 36.6 Å². The van der Waals surface area contributed by atoms with E-state index >= 15 is 0 Å². The molecule has 2 aromatic rings. The van der Waals surface area contributed by atoms with Gasteiger partial charge in [-0.3, -0.25) is 0 Å². The predicted octanol–water partition coefficient (Wildman–Crippen LogP) is 3.59. The summed E-state index contributed by atoms with van der Waals surface area (Å²) in [6, 6.07) is 3.73. The molecular weight excluding hydrogens is 380 g/mol. The van der Waals surface area contributed by atoms with Crippen molar-refractivity contribution in [2.45, 2.75) is 18.9 Å². The first kappa shape index (κ1) is 20.3. The topological polar surface area (TPSA) is 69.2 Å². The van der Waals surface area contributed by atoms with E-state index in [2.05, 4.69) is 10.2 Å². The van der Waals surface area contributed by atoms with E-state index in [-0.39, 0.29) is 17.6 Å². The van der Waals surface area contributed by atoms with Crippen molar-refractivity contribution in [3.8, 4) is 6.07 Å². The van der Waals surface area contributed by atoms with E-state index in [4.69, 9.17) is 9.68 Å². The molecule has 0 saturated heterocycles. The second kappa shape index (κ2) is 7.34. The number of aromatic nitrogens is 2. The molecule has 0 amide bonds. The standard InChI is InChI=1S/C15H13F6N5O/c1-25(2)13-24-23-12(27-13)7-26(8-14(16,17)18)10-4-3-9(6-22)11(5-10)15(19,20)21/h3-5H,7-8H2,1-2H3. The first-order valence-corrected chi connectivity index (χ1v) is 7.33. The number of benzene rings is 1. The van der Waals surface area contributed by atoms with Gasteiger partial charge in [0.2, 0.25) is 5.89 Å². The van der Waals surface area contributed by atoms with Gasteiger partial charge in [0.05, 0.1) is 23.7 Å². The maximum Gasteiger partial charge on any atom is 0.417 e. The maximum atomic E-state index is 13.1. The van der Waals surface area contributed by atoms with Gasteiger partial charge in [-0.15, -0.1) is 5.10 Å². The molecule has 0 spiro atoms. The molecule has 1 heterocycles. The molecular formula is C15H13F6N5O. The summed E-state index contributed by atoms with van der Waals surface area (Å²) >= 11 is 0. The fraction of sp³-hybridized carbons (Fsp3) is 0.400. The average molecular weight is 393 g/mol. The number of halogens is 6. The van der Waals surface area contributed by atoms with Gasteiger partial charge < -0.3 is 14.2 Å². The predicted molar refractivity (Wildman–Crippen MR) is 81.9 cm³/mol. The van der Waals surface area contributed by atoms with Gasteiger partial charge in [-0.2, -0.15) is 31.6 Å². The molecule has 1 aromatic heterocycles. The number of hydrogen-bond acceptors (Lipinski definition) is 6. The van der Waals surface area contributed by atoms with E-state index in [9.17, 15) is 26.3 Å². The molecule has 0 unspecified atom stereocenters. The molecule has 27 heavy (non-hydrogen) atoms. The Labute approximate surface area is 149 Å². The lowest BCUT2D eigenvalue weighted by molar-refractivity contribution is -0.137. The minimum absolute atomic E-state index is 0.0350. The molecule has 0 fully saturated rings. The van der Waals surface area contributed by atoms with Crippen LogP contribution in [0.2, 0.25) is 0 Å². The molecule has 146 valence electrons. The second-order valence-corrected chi connectivity index (χ2v) is 5.68. The van der Waals surface area contributed by atoms with Crippen LogP contribution in [0.25, 0.3) is 0 Å². The van der Waals surface area contributed by atoms with Crippen LogP contribution in [0.1, 0.15) is 17.0 Å². The number of rotatable bonds is 5. The van der Waals surface area contributed by atoms with E-state index in [1.807, 2.05) is 0 Å². The van der Waals surface area contributed by atoms with Gasteiger partial charge in [-0.05, 0) is 18.2 Å². The Bertz CT molecular complexity index is 836. The zero-order chi connectivity index (χ0) is 20.4. The lowest BCUT2D eigenvalue weighted by atomic mass is 10.1. The summed E-state index contributed by atoms with van der Waals surface area (Å²) in [6.45, 7) is -2.11. The van der Waals surface area contributed by atoms with Crippen LogP contribution < -0.4 is 9.80 Å². The van der Waals surface area contributed by atoms with Crippen molar-refractivity contribution in [3.63, 3.8) is 0 Å². The van der Waals surface area contributed by atoms with Crippen molar-refractivity contribution in [3.05, 3.63) is 35.2 Å². The fourth-order valence-electron chi connectivity index (χ4n) is 2.17. The van der Waals surface area contributed by atoms with Crippen LogP contribution in [0, 0.1) is 11.3 Å². The molecule has 6 nitrogen and oxygen atoms in total. The molecule has 12 heteroatoms. The van der Waals surface area contributed by atoms with E-state index in [1.165, 1.54) is 11.0 Å². The van der Waals surface area contributed by atoms with E-state index in [0.717, 1.165) is 12.1 Å². The number of hydrogen-bond donors (Lipinski definition) is 0. The van der Waals surface area contributed by atoms with E-state index in [0.29, 0.717) is 11.0 Å². The summed E-state index contributed by atoms with van der Waals surface area (Å²) in [5.41, 5.74) is -2.40. The molecule has 1 aromatic carbocycles. The van der Waals surface area contributed by atoms with Crippen LogP contribution in [0.4, 0.5) is 38.0 Å². The van der Waals surface area contributed by atoms with Crippen LogP contribution in [-0.4, -0.2) is 37.0 Å². The summed E-state index contributed by atoms with van der Waals surface area (Å²) in [4.78, 5) is 2.04. The van der Waals surface area contributed by atoms with Crippen LogP contribution in [0.15, 0.2) is 22.6 Å². The molecule has 2 rings (SSSR count). The Hall–Kier alpha value is -2.97. The smallest absolute Gasteiger partial charge is 0.406 e. The molecule has 0 radical (unpaired) electrons. The molecule has 0 aliphatic carbocycles. The monoisotopic (exact) mass is 393 g/mol. The van der Waals surface area contributed by atoms with Gasteiger partial charge >= 0.3 is 18.4 Å². The highest BCUT2D eigenvalue weighted by Crippen LogP contribution is 2.35. The van der Waals surface area contributed by atoms with Gasteiger partial charge in [0.15, 0.2) is 0 Å². The van der Waals surface area contributed by atoms with Gasteiger partial charge in [-0.25, -0.2) is 0 Å². The van der Waals surface area contributed by atoms with Gasteiger partial charge in [0.1, 0.15) is 6.54 Å². The van der Waals surface area contributed by atoms with Crippen LogP contribution in [0.3, 0.4) is 0 Å². The number of alkyl halides is 6. The highest BCUT2D eigenvalue weighted by molar-refractivity contribution is 5.55. The Balaban J connectivity index is 2.43. The summed E-state index contributed by atoms with van der Waals surface area (Å²) in [7, 11) is 3.14. The third-order valence-electron chi connectivity index (χ3n) is 3.33. The third-order valence-corrected chi connectivity index (χ3v) is 3.33. The zero-order valence-corrected chi connectivity index (χ0v) is 14.1. The quantitative estimate of drug-likeness (QED) is 0.724. The van der Waals surface area contributed by atoms with E-state index in [1.54, 1.807) is 14.1 Å². The number of nitriles is 1. The Kier molecular flexibility index (Phi) is 5.53. The molecule has 0 aliphatic heterocycles. The summed E-state index contributed by atoms with van der Waals surface area (Å²) in [5.74, 6) is -0.208. The number of anilines is 2. The fourth-order valence-corrected chi connectivity index (χ4v) is 2.17. The van der Waals surface area contributed by atoms with Crippen LogP contribution >= 0.6 is 0 Å². The molecule has 0 N–H and O–H groups in total. The van der Waals surface area contributed by atoms with Crippen LogP contribution in [-0.2, 0) is 12.7 Å². The Morgan fingerprint density at radius 1 is 1.11 bits per heavy atom. The van der Waals surface area contributed by atoms with Crippen molar-refractivity contribution in [1.82, 2.24) is 10.2 Å². The summed E-state index contributed by atoms with van der Waals surface area (Å²) < 4.78 is 83.2. The zero-order valence-electron chi connectivity index (χ0n) is 14.1. The largest absolute Gasteiger partial charge is 0.417 e. The van der Waals surface area contributed by atoms with Gasteiger partial charge in [-0.1, -0.05) is 5.10 Å². The molecule has 0 atom stereocenters. The highest BCUT2D eigenvalue weighted by atomic mass is 19.4. The number of nitrogens with zero attached hydrogens (tertiary/aromatic N) is 5. The Morgan fingerprint density at radius 2 is 1.78 bits per heavy atom. The third kappa shape index (κ3) is 5.25. The molecule has 0 aliphatic rings. The van der Waals surface area contributed by atoms with Crippen LogP contribution in [0.5, 0.6) is 0 Å². The van der Waals surface area contributed by atoms with Crippen molar-refractivity contribution in [2.24, 2.45) is 0 Å². The first-order valence-electron chi connectivity index (χ1n) is 7.33. The molecule has 0 bridgehead atoms. The second-order valence-electron chi connectivity index (χ2n) is 5.68. The summed E-state index contributed by atoms with van der Waals surface area (Å²) in [5, 5.41) is 16.0. The average Bonchev–Trinajstić information content (AvgIpc) is 3.00. The summed E-state index contributed by atoms with van der Waals surface area (Å²) in [6.07, 6.45) is -9.59. The molecule has 0 saturated carbocycles. The van der Waals surface area contributed by atoms with Gasteiger partial charge in [0.25, 0.3) is 0 Å². The lowest BCUT2D eigenvalue weighted by Crippen LogP contribution is -2.34. The van der Waals surface area contributed by atoms with Crippen molar-refractivity contribution in [1.29, 1.82) is 5.26 Å². The van der Waals surface area contributed by atoms with Crippen molar-refractivity contribution >= 4 is 11.7 Å². The van der Waals surface area contributed by atoms with Crippen molar-refractivity contribution < 1.29 is 30.8 Å². The SMILES string of the molecule is CN(C)c1nnc(CN(CC(F)(F)F)c2ccc(C#N)c(C(F)(F)F)c2)o1. The first-order chi connectivity index (χ1) is 12.4. The Morgan fingerprint density at radius 3 is 2.26 bits per heavy atom. The normalized spacial score (nSPS) is 12.0. The van der Waals surface area contributed by atoms with Crippen molar-refractivity contribution in [2.75, 3.05) is 30.4 Å². The minimum atomic E-state index is -4.90. The maximum absolute atomic E-state index is 13.1.